The number of hydrogen-bond donors (Lipinski definition) is 3. The summed E-state index contributed by atoms with van der Waals surface area (Å²) in [6.45, 7) is 0. The number of rotatable bonds is 5. The lowest BCUT2D eigenvalue weighted by atomic mass is 9.61. The van der Waals surface area contributed by atoms with E-state index in [1.165, 1.54) is 6.20 Å². The maximum atomic E-state index is 16.3. The van der Waals surface area contributed by atoms with Crippen LogP contribution in [0.15, 0.2) is 48.8 Å². The van der Waals surface area contributed by atoms with Gasteiger partial charge in [-0.25, -0.2) is 15.0 Å². The van der Waals surface area contributed by atoms with Gasteiger partial charge in [0.15, 0.2) is 23.1 Å². The molecule has 1 aromatic carbocycles. The molecule has 2 atom stereocenters. The van der Waals surface area contributed by atoms with Crippen molar-refractivity contribution in [2.45, 2.75) is 31.7 Å². The number of nitrogens with zero attached hydrogens (tertiary/aromatic N) is 5. The predicted molar refractivity (Wildman–Crippen MR) is 141 cm³/mol. The van der Waals surface area contributed by atoms with Gasteiger partial charge in [0, 0.05) is 18.4 Å². The van der Waals surface area contributed by atoms with Crippen molar-refractivity contribution < 1.29 is 14.3 Å². The van der Waals surface area contributed by atoms with Gasteiger partial charge in [0.2, 0.25) is 5.82 Å². The van der Waals surface area contributed by atoms with E-state index in [4.69, 9.17) is 11.6 Å². The smallest absolute Gasteiger partial charge is 0.308 e. The minimum atomic E-state index is -0.858. The molecule has 0 spiro atoms. The molecule has 3 N–H and O–H groups in total. The Balaban J connectivity index is 1.41. The Labute approximate surface area is 221 Å². The molecule has 3 aliphatic carbocycles. The summed E-state index contributed by atoms with van der Waals surface area (Å²) >= 11 is 6.20. The highest BCUT2D eigenvalue weighted by Gasteiger charge is 2.47. The Kier molecular flexibility index (Phi) is 5.33. The molecule has 3 aliphatic rings. The van der Waals surface area contributed by atoms with Crippen LogP contribution in [0.1, 0.15) is 25.7 Å². The molecule has 0 aliphatic heterocycles. The third-order valence-electron chi connectivity index (χ3n) is 8.07. The molecule has 0 unspecified atom stereocenters. The van der Waals surface area contributed by atoms with Gasteiger partial charge in [0.1, 0.15) is 5.69 Å². The van der Waals surface area contributed by atoms with Gasteiger partial charge in [-0.05, 0) is 61.1 Å². The Morgan fingerprint density at radius 1 is 1.13 bits per heavy atom. The summed E-state index contributed by atoms with van der Waals surface area (Å²) in [6, 6.07) is 10.8. The quantitative estimate of drug-likeness (QED) is 0.275. The van der Waals surface area contributed by atoms with Gasteiger partial charge in [-0.15, -0.1) is 0 Å². The molecule has 5 aromatic rings. The first kappa shape index (κ1) is 23.1. The number of hydrogen-bond acceptors (Lipinski definition) is 6. The van der Waals surface area contributed by atoms with Crippen LogP contribution in [0.5, 0.6) is 0 Å². The number of pyridine rings is 1. The highest BCUT2D eigenvalue weighted by Crippen LogP contribution is 2.46. The average molecular weight is 532 g/mol. The molecule has 3 fully saturated rings. The topological polar surface area (TPSA) is 122 Å². The maximum absolute atomic E-state index is 16.3. The number of H-pyrrole nitrogens is 1. The van der Waals surface area contributed by atoms with Crippen molar-refractivity contribution in [3.05, 3.63) is 59.6 Å². The second-order valence-electron chi connectivity index (χ2n) is 10.1. The van der Waals surface area contributed by atoms with E-state index in [0.717, 1.165) is 36.6 Å². The molecule has 0 saturated heterocycles. The molecule has 0 amide bonds. The van der Waals surface area contributed by atoms with Gasteiger partial charge in [0.05, 0.1) is 21.8 Å². The van der Waals surface area contributed by atoms with Crippen LogP contribution in [0, 0.1) is 23.6 Å². The molecule has 2 bridgehead atoms. The Morgan fingerprint density at radius 3 is 2.74 bits per heavy atom. The number of para-hydroxylation sites is 1. The predicted octanol–water partition coefficient (Wildman–Crippen LogP) is 5.45. The van der Waals surface area contributed by atoms with Crippen LogP contribution < -0.4 is 5.32 Å². The molecule has 4 heterocycles. The summed E-state index contributed by atoms with van der Waals surface area (Å²) in [7, 11) is 0. The number of fused-ring (bicyclic) bond motifs is 5. The van der Waals surface area contributed by atoms with Gasteiger partial charge < -0.3 is 10.4 Å². The zero-order valence-corrected chi connectivity index (χ0v) is 20.9. The molecular formula is C27H23ClFN7O2. The SMILES string of the molecule is O=C(O)[C@H]1C2CCC(CC2)[C@@H]1Nc1nc(-c2[nH]nc3ncc(Cl)cc23)nc(-n2ccc3ccccc32)c1F. The standard InChI is InChI=1S/C27H23ClFN7O2/c28-16-11-17-22(34-35-23(17)30-12-16)25-32-24(31-21-15-7-5-14(6-8-15)19(21)27(37)38)20(29)26(33-25)36-10-9-13-3-1-2-4-18(13)36/h1-4,9-12,14-15,19,21H,5-8H2,(H,37,38)(H,30,34,35)(H,31,32,33)/t14?,15?,19-,21-/m0/s1. The Hall–Kier alpha value is -4.05. The number of aromatic amines is 1. The van der Waals surface area contributed by atoms with Crippen LogP contribution in [0.25, 0.3) is 39.3 Å². The summed E-state index contributed by atoms with van der Waals surface area (Å²) in [5.41, 5.74) is 1.65. The van der Waals surface area contributed by atoms with Crippen LogP contribution in [-0.4, -0.2) is 46.8 Å². The molecule has 8 rings (SSSR count). The van der Waals surface area contributed by atoms with E-state index in [2.05, 4.69) is 30.5 Å². The number of nitrogens with one attached hydrogen (secondary N) is 2. The summed E-state index contributed by atoms with van der Waals surface area (Å²) < 4.78 is 17.9. The van der Waals surface area contributed by atoms with Gasteiger partial charge >= 0.3 is 5.97 Å². The number of carboxylic acids is 1. The lowest BCUT2D eigenvalue weighted by molar-refractivity contribution is -0.148. The van der Waals surface area contributed by atoms with Crippen LogP contribution >= 0.6 is 11.6 Å². The van der Waals surface area contributed by atoms with Gasteiger partial charge in [0.25, 0.3) is 0 Å². The summed E-state index contributed by atoms with van der Waals surface area (Å²) in [5.74, 6) is -1.71. The van der Waals surface area contributed by atoms with E-state index in [0.29, 0.717) is 21.7 Å². The first-order chi connectivity index (χ1) is 18.5. The number of carboxylic acid groups (broad SMARTS) is 1. The van der Waals surface area contributed by atoms with Crippen molar-refractivity contribution >= 4 is 45.3 Å². The normalized spacial score (nSPS) is 22.8. The van der Waals surface area contributed by atoms with Gasteiger partial charge in [-0.1, -0.05) is 29.8 Å². The summed E-state index contributed by atoms with van der Waals surface area (Å²) in [5, 5.41) is 22.4. The van der Waals surface area contributed by atoms with Crippen LogP contribution in [0.2, 0.25) is 5.02 Å². The molecule has 4 aromatic heterocycles. The minimum Gasteiger partial charge on any atom is -0.481 e. The fourth-order valence-corrected chi connectivity index (χ4v) is 6.44. The molecular weight excluding hydrogens is 509 g/mol. The third kappa shape index (κ3) is 3.62. The maximum Gasteiger partial charge on any atom is 0.308 e. The molecule has 11 heteroatoms. The van der Waals surface area contributed by atoms with E-state index < -0.39 is 23.7 Å². The van der Waals surface area contributed by atoms with Crippen molar-refractivity contribution in [2.75, 3.05) is 5.32 Å². The van der Waals surface area contributed by atoms with Crippen molar-refractivity contribution in [2.24, 2.45) is 17.8 Å². The number of benzene rings is 1. The number of aromatic nitrogens is 6. The van der Waals surface area contributed by atoms with Crippen molar-refractivity contribution in [1.29, 1.82) is 0 Å². The molecule has 192 valence electrons. The van der Waals surface area contributed by atoms with Crippen LogP contribution in [-0.2, 0) is 4.79 Å². The van der Waals surface area contributed by atoms with Gasteiger partial charge in [-0.2, -0.15) is 9.49 Å². The highest BCUT2D eigenvalue weighted by atomic mass is 35.5. The minimum absolute atomic E-state index is 0.0377. The van der Waals surface area contributed by atoms with Gasteiger partial charge in [-0.3, -0.25) is 14.5 Å². The largest absolute Gasteiger partial charge is 0.481 e. The van der Waals surface area contributed by atoms with E-state index in [9.17, 15) is 9.90 Å². The van der Waals surface area contributed by atoms with Crippen molar-refractivity contribution in [3.63, 3.8) is 0 Å². The van der Waals surface area contributed by atoms with E-state index >= 15 is 4.39 Å². The first-order valence-corrected chi connectivity index (χ1v) is 13.0. The lowest BCUT2D eigenvalue weighted by Crippen LogP contribution is -2.51. The second kappa shape index (κ2) is 8.76. The van der Waals surface area contributed by atoms with Crippen LogP contribution in [0.4, 0.5) is 10.2 Å². The molecule has 9 nitrogen and oxygen atoms in total. The highest BCUT2D eigenvalue weighted by molar-refractivity contribution is 6.31. The first-order valence-electron chi connectivity index (χ1n) is 12.6. The second-order valence-corrected chi connectivity index (χ2v) is 10.5. The van der Waals surface area contributed by atoms with Crippen molar-refractivity contribution in [1.82, 2.24) is 29.7 Å². The molecule has 0 radical (unpaired) electrons. The number of halogens is 2. The molecule has 38 heavy (non-hydrogen) atoms. The fraction of sp³-hybridized carbons (Fsp3) is 0.296. The zero-order valence-electron chi connectivity index (χ0n) is 20.1. The van der Waals surface area contributed by atoms with E-state index in [-0.39, 0.29) is 29.3 Å². The van der Waals surface area contributed by atoms with E-state index in [1.54, 1.807) is 16.8 Å². The Bertz CT molecular complexity index is 1710. The zero-order chi connectivity index (χ0) is 26.0. The lowest BCUT2D eigenvalue weighted by Gasteiger charge is -2.47. The monoisotopic (exact) mass is 531 g/mol. The number of carbonyl (C=O) groups is 1. The fourth-order valence-electron chi connectivity index (χ4n) is 6.29. The third-order valence-corrected chi connectivity index (χ3v) is 8.28. The Morgan fingerprint density at radius 2 is 1.92 bits per heavy atom. The summed E-state index contributed by atoms with van der Waals surface area (Å²) in [4.78, 5) is 25.7. The number of anilines is 1. The molecule has 3 saturated carbocycles. The average Bonchev–Trinajstić information content (AvgIpc) is 3.54. The van der Waals surface area contributed by atoms with Crippen molar-refractivity contribution in [3.8, 4) is 17.3 Å². The summed E-state index contributed by atoms with van der Waals surface area (Å²) in [6.07, 6.45) is 6.84. The number of aliphatic carboxylic acids is 1. The van der Waals surface area contributed by atoms with E-state index in [1.807, 2.05) is 30.3 Å². The van der Waals surface area contributed by atoms with Crippen LogP contribution in [0.3, 0.4) is 0 Å².